The van der Waals surface area contributed by atoms with Crippen molar-refractivity contribution < 1.29 is 18.0 Å². The summed E-state index contributed by atoms with van der Waals surface area (Å²) in [6.07, 6.45) is 1.61. The molecule has 1 atom stereocenters. The Morgan fingerprint density at radius 2 is 1.80 bits per heavy atom. The van der Waals surface area contributed by atoms with Gasteiger partial charge in [0.15, 0.2) is 0 Å². The van der Waals surface area contributed by atoms with Crippen LogP contribution in [-0.2, 0) is 0 Å². The summed E-state index contributed by atoms with van der Waals surface area (Å²) in [6, 6.07) is 8.26. The van der Waals surface area contributed by atoms with E-state index in [0.29, 0.717) is 11.1 Å². The summed E-state index contributed by atoms with van der Waals surface area (Å²) in [6.45, 7) is 0.0659. The van der Waals surface area contributed by atoms with Crippen LogP contribution in [0.4, 0.5) is 18.0 Å². The van der Waals surface area contributed by atoms with E-state index >= 15 is 0 Å². The fourth-order valence-corrected chi connectivity index (χ4v) is 2.95. The van der Waals surface area contributed by atoms with Gasteiger partial charge in [0.2, 0.25) is 0 Å². The van der Waals surface area contributed by atoms with Gasteiger partial charge in [-0.05, 0) is 29.8 Å². The van der Waals surface area contributed by atoms with Crippen LogP contribution in [0.2, 0.25) is 0 Å². The molecular weight excluding hydrogens is 329 g/mol. The molecule has 1 heterocycles. The van der Waals surface area contributed by atoms with Crippen molar-refractivity contribution in [2.75, 3.05) is 20.6 Å². The standard InChI is InChI=1S/C19H17F3N2O/c1-23(2)19(25)24-11-12(15-10-13(20)7-8-17(15)22)9-18(24)14-5-3-4-6-16(14)21/h3-10,18H,11H2,1-2H3. The van der Waals surface area contributed by atoms with Gasteiger partial charge in [-0.2, -0.15) is 0 Å². The summed E-state index contributed by atoms with van der Waals surface area (Å²) in [5, 5.41) is 0. The maximum absolute atomic E-state index is 14.2. The fourth-order valence-electron chi connectivity index (χ4n) is 2.95. The third-order valence-electron chi connectivity index (χ3n) is 4.16. The molecule has 0 saturated heterocycles. The van der Waals surface area contributed by atoms with Crippen LogP contribution in [0.5, 0.6) is 0 Å². The predicted molar refractivity (Wildman–Crippen MR) is 89.3 cm³/mol. The highest BCUT2D eigenvalue weighted by Crippen LogP contribution is 2.37. The van der Waals surface area contributed by atoms with Crippen molar-refractivity contribution in [3.8, 4) is 0 Å². The van der Waals surface area contributed by atoms with Crippen LogP contribution in [0, 0.1) is 17.5 Å². The lowest BCUT2D eigenvalue weighted by Gasteiger charge is -2.28. The van der Waals surface area contributed by atoms with E-state index in [0.717, 1.165) is 18.2 Å². The molecule has 0 aromatic heterocycles. The summed E-state index contributed by atoms with van der Waals surface area (Å²) in [7, 11) is 3.17. The number of amides is 2. The number of carbonyl (C=O) groups is 1. The summed E-state index contributed by atoms with van der Waals surface area (Å²) in [5.74, 6) is -1.61. The zero-order chi connectivity index (χ0) is 18.1. The molecule has 1 unspecified atom stereocenters. The first-order chi connectivity index (χ1) is 11.9. The van der Waals surface area contributed by atoms with Crippen molar-refractivity contribution in [1.82, 2.24) is 9.80 Å². The first-order valence-corrected chi connectivity index (χ1v) is 7.77. The Bertz CT molecular complexity index is 848. The lowest BCUT2D eigenvalue weighted by molar-refractivity contribution is 0.170. The molecule has 0 fully saturated rings. The lowest BCUT2D eigenvalue weighted by Crippen LogP contribution is -2.39. The van der Waals surface area contributed by atoms with Crippen LogP contribution >= 0.6 is 0 Å². The third-order valence-corrected chi connectivity index (χ3v) is 4.16. The number of urea groups is 1. The van der Waals surface area contributed by atoms with Crippen LogP contribution in [0.1, 0.15) is 17.2 Å². The smallest absolute Gasteiger partial charge is 0.320 e. The van der Waals surface area contributed by atoms with Gasteiger partial charge in [0.25, 0.3) is 0 Å². The molecule has 0 saturated carbocycles. The normalized spacial score (nSPS) is 16.8. The second-order valence-corrected chi connectivity index (χ2v) is 6.09. The van der Waals surface area contributed by atoms with Gasteiger partial charge >= 0.3 is 6.03 Å². The molecule has 0 spiro atoms. The van der Waals surface area contributed by atoms with Gasteiger partial charge < -0.3 is 9.80 Å². The second kappa shape index (κ2) is 6.63. The van der Waals surface area contributed by atoms with Gasteiger partial charge in [-0.15, -0.1) is 0 Å². The van der Waals surface area contributed by atoms with E-state index < -0.39 is 23.5 Å². The molecule has 6 heteroatoms. The van der Waals surface area contributed by atoms with Crippen LogP contribution in [-0.4, -0.2) is 36.5 Å². The largest absolute Gasteiger partial charge is 0.331 e. The molecule has 130 valence electrons. The zero-order valence-electron chi connectivity index (χ0n) is 13.8. The molecule has 25 heavy (non-hydrogen) atoms. The number of rotatable bonds is 2. The van der Waals surface area contributed by atoms with Gasteiger partial charge in [0.1, 0.15) is 17.5 Å². The quantitative estimate of drug-likeness (QED) is 0.798. The predicted octanol–water partition coefficient (Wildman–Crippen LogP) is 4.23. The maximum Gasteiger partial charge on any atom is 0.320 e. The highest BCUT2D eigenvalue weighted by molar-refractivity contribution is 5.82. The Morgan fingerprint density at radius 1 is 1.08 bits per heavy atom. The van der Waals surface area contributed by atoms with E-state index in [-0.39, 0.29) is 18.1 Å². The summed E-state index contributed by atoms with van der Waals surface area (Å²) >= 11 is 0. The van der Waals surface area contributed by atoms with E-state index in [2.05, 4.69) is 0 Å². The van der Waals surface area contributed by atoms with Crippen molar-refractivity contribution in [2.24, 2.45) is 0 Å². The van der Waals surface area contributed by atoms with Crippen molar-refractivity contribution in [3.63, 3.8) is 0 Å². The highest BCUT2D eigenvalue weighted by atomic mass is 19.1. The fraction of sp³-hybridized carbons (Fsp3) is 0.211. The molecule has 0 radical (unpaired) electrons. The molecular formula is C19H17F3N2O. The Kier molecular flexibility index (Phi) is 4.53. The molecule has 0 bridgehead atoms. The van der Waals surface area contributed by atoms with Crippen molar-refractivity contribution >= 4 is 11.6 Å². The van der Waals surface area contributed by atoms with Crippen LogP contribution in [0.25, 0.3) is 5.57 Å². The minimum Gasteiger partial charge on any atom is -0.331 e. The first-order valence-electron chi connectivity index (χ1n) is 7.77. The Labute approximate surface area is 144 Å². The minimum atomic E-state index is -0.686. The van der Waals surface area contributed by atoms with Gasteiger partial charge in [-0.1, -0.05) is 24.3 Å². The second-order valence-electron chi connectivity index (χ2n) is 6.09. The van der Waals surface area contributed by atoms with Crippen molar-refractivity contribution in [3.05, 3.63) is 77.1 Å². The molecule has 2 aromatic rings. The maximum atomic E-state index is 14.2. The van der Waals surface area contributed by atoms with E-state index in [1.54, 1.807) is 38.4 Å². The molecule has 0 N–H and O–H groups in total. The van der Waals surface area contributed by atoms with E-state index in [1.807, 2.05) is 0 Å². The van der Waals surface area contributed by atoms with Crippen LogP contribution in [0.15, 0.2) is 48.5 Å². The zero-order valence-corrected chi connectivity index (χ0v) is 13.8. The number of hydrogen-bond acceptors (Lipinski definition) is 1. The number of nitrogens with zero attached hydrogens (tertiary/aromatic N) is 2. The molecule has 1 aliphatic heterocycles. The molecule has 1 aliphatic rings. The minimum absolute atomic E-state index is 0.0659. The van der Waals surface area contributed by atoms with Crippen molar-refractivity contribution in [2.45, 2.75) is 6.04 Å². The molecule has 2 amide bonds. The number of carbonyl (C=O) groups excluding carboxylic acids is 1. The SMILES string of the molecule is CN(C)C(=O)N1CC(c2cc(F)ccc2F)=CC1c1ccccc1F. The summed E-state index contributed by atoms with van der Waals surface area (Å²) < 4.78 is 41.9. The van der Waals surface area contributed by atoms with Gasteiger partial charge in [-0.3, -0.25) is 0 Å². The third kappa shape index (κ3) is 3.24. The average molecular weight is 346 g/mol. The molecule has 2 aromatic carbocycles. The highest BCUT2D eigenvalue weighted by Gasteiger charge is 2.33. The monoisotopic (exact) mass is 346 g/mol. The number of halogens is 3. The molecule has 3 rings (SSSR count). The topological polar surface area (TPSA) is 23.6 Å². The van der Waals surface area contributed by atoms with E-state index in [1.165, 1.54) is 15.9 Å². The van der Waals surface area contributed by atoms with Gasteiger partial charge in [0, 0.05) is 31.8 Å². The number of hydrogen-bond donors (Lipinski definition) is 0. The van der Waals surface area contributed by atoms with E-state index in [4.69, 9.17) is 0 Å². The summed E-state index contributed by atoms with van der Waals surface area (Å²) in [5.41, 5.74) is 0.834. The van der Waals surface area contributed by atoms with Gasteiger partial charge in [-0.25, -0.2) is 18.0 Å². The number of benzene rings is 2. The Balaban J connectivity index is 2.07. The first kappa shape index (κ1) is 17.1. The average Bonchev–Trinajstić information content (AvgIpc) is 3.01. The summed E-state index contributed by atoms with van der Waals surface area (Å²) in [4.78, 5) is 15.3. The molecule has 0 aliphatic carbocycles. The Hall–Kier alpha value is -2.76. The Morgan fingerprint density at radius 3 is 2.48 bits per heavy atom. The van der Waals surface area contributed by atoms with Crippen molar-refractivity contribution in [1.29, 1.82) is 0 Å². The molecule has 3 nitrogen and oxygen atoms in total. The lowest BCUT2D eigenvalue weighted by atomic mass is 10.0. The van der Waals surface area contributed by atoms with Crippen LogP contribution < -0.4 is 0 Å². The van der Waals surface area contributed by atoms with E-state index in [9.17, 15) is 18.0 Å². The van der Waals surface area contributed by atoms with Crippen LogP contribution in [0.3, 0.4) is 0 Å². The van der Waals surface area contributed by atoms with Gasteiger partial charge in [0.05, 0.1) is 6.04 Å².